The predicted molar refractivity (Wildman–Crippen MR) is 121 cm³/mol. The molecule has 0 saturated heterocycles. The molecule has 4 atom stereocenters. The summed E-state index contributed by atoms with van der Waals surface area (Å²) in [4.78, 5) is 0. The number of phosphoric acid groups is 1. The molecule has 3 rings (SSSR count). The molecule has 0 fully saturated rings. The van der Waals surface area contributed by atoms with Crippen molar-refractivity contribution in [3.05, 3.63) is 69.6 Å². The Morgan fingerprint density at radius 3 is 1.29 bits per heavy atom. The average molecular weight is 634 g/mol. The van der Waals surface area contributed by atoms with E-state index >= 15 is 0 Å². The molecule has 0 aliphatic rings. The molecule has 0 heterocycles. The van der Waals surface area contributed by atoms with Gasteiger partial charge in [0.15, 0.2) is 29.0 Å². The van der Waals surface area contributed by atoms with Crippen LogP contribution < -0.4 is 29.5 Å². The first-order valence-corrected chi connectivity index (χ1v) is 12.5. The second-order valence-electron chi connectivity index (χ2n) is 7.03. The number of rotatable bonds is 6. The summed E-state index contributed by atoms with van der Waals surface area (Å²) in [5.74, 6) is -31.3. The summed E-state index contributed by atoms with van der Waals surface area (Å²) in [5, 5.41) is -2.68. The molecule has 0 bridgehead atoms. The summed E-state index contributed by atoms with van der Waals surface area (Å²) < 4.78 is 181. The number of hydrogen-bond acceptors (Lipinski definition) is 4. The van der Waals surface area contributed by atoms with Crippen LogP contribution >= 0.6 is 35.5 Å². The van der Waals surface area contributed by atoms with E-state index in [1.54, 1.807) is 18.5 Å². The molecule has 0 saturated carbocycles. The predicted octanol–water partition coefficient (Wildman–Crippen LogP) is 5.67. The van der Waals surface area contributed by atoms with Crippen molar-refractivity contribution < 1.29 is 66.4 Å². The molecule has 0 N–H and O–H groups in total. The van der Waals surface area contributed by atoms with E-state index in [9.17, 15) is 52.9 Å². The van der Waals surface area contributed by atoms with Gasteiger partial charge in [-0.1, -0.05) is 9.24 Å². The lowest BCUT2D eigenvalue weighted by atomic mass is 10.2. The molecule has 3 aromatic carbocycles. The van der Waals surface area contributed by atoms with Crippen LogP contribution in [0, 0.1) is 70.9 Å². The molecule has 4 unspecified atom stereocenters. The summed E-state index contributed by atoms with van der Waals surface area (Å²) in [6.45, 7) is 0.754. The van der Waals surface area contributed by atoms with Gasteiger partial charge in [0, 0.05) is 16.2 Å². The van der Waals surface area contributed by atoms with Crippen LogP contribution in [-0.4, -0.2) is 0 Å². The summed E-state index contributed by atoms with van der Waals surface area (Å²) in [5.41, 5.74) is -0.942. The lowest BCUT2D eigenvalue weighted by Crippen LogP contribution is -2.24. The maximum atomic E-state index is 14.6. The lowest BCUT2D eigenvalue weighted by Gasteiger charge is -2.23. The third-order valence-corrected chi connectivity index (χ3v) is 7.87. The minimum atomic E-state index is -6.29. The molecule has 0 aliphatic carbocycles. The third kappa shape index (κ3) is 5.06. The zero-order valence-corrected chi connectivity index (χ0v) is 22.3. The van der Waals surface area contributed by atoms with E-state index in [1.165, 1.54) is 9.24 Å². The summed E-state index contributed by atoms with van der Waals surface area (Å²) >= 11 is 0. The highest BCUT2D eigenvalue weighted by atomic mass is 31.2. The zero-order valence-electron chi connectivity index (χ0n) is 18.0. The Bertz CT molecular complexity index is 1280. The van der Waals surface area contributed by atoms with Gasteiger partial charge in [0.1, 0.15) is 5.82 Å². The maximum Gasteiger partial charge on any atom is 0.647 e. The van der Waals surface area contributed by atoms with Crippen LogP contribution in [0.5, 0.6) is 17.2 Å². The quantitative estimate of drug-likeness (QED) is 0.152. The van der Waals surface area contributed by atoms with Crippen molar-refractivity contribution >= 4 is 51.5 Å². The average Bonchev–Trinajstić information content (AvgIpc) is 2.89. The van der Waals surface area contributed by atoms with E-state index in [4.69, 9.17) is 0 Å². The zero-order chi connectivity index (χ0) is 29.0. The van der Waals surface area contributed by atoms with Crippen molar-refractivity contribution in [3.8, 4) is 17.2 Å². The van der Waals surface area contributed by atoms with Gasteiger partial charge in [-0.3, -0.25) is 0 Å². The number of halogens is 11. The van der Waals surface area contributed by atoms with Gasteiger partial charge in [-0.2, -0.15) is 22.1 Å². The highest BCUT2D eigenvalue weighted by Gasteiger charge is 2.42. The second-order valence-corrected chi connectivity index (χ2v) is 10.2. The summed E-state index contributed by atoms with van der Waals surface area (Å²) in [6.07, 6.45) is 0. The Balaban J connectivity index is 2.31. The van der Waals surface area contributed by atoms with Gasteiger partial charge in [-0.15, -0.1) is 18.5 Å². The Kier molecular flexibility index (Phi) is 8.60. The van der Waals surface area contributed by atoms with Crippen LogP contribution in [0.25, 0.3) is 0 Å². The molecule has 3 aromatic rings. The molecular formula is C19H9F11O4P4. The topological polar surface area (TPSA) is 44.8 Å². The number of hydrogen-bond donors (Lipinski definition) is 0. The lowest BCUT2D eigenvalue weighted by molar-refractivity contribution is 0.266. The van der Waals surface area contributed by atoms with Crippen LogP contribution in [0.15, 0.2) is 0 Å². The minimum Gasteiger partial charge on any atom is -0.382 e. The number of phosphoric ester groups is 1. The van der Waals surface area contributed by atoms with Crippen molar-refractivity contribution in [2.75, 3.05) is 0 Å². The highest BCUT2D eigenvalue weighted by Crippen LogP contribution is 2.52. The van der Waals surface area contributed by atoms with Gasteiger partial charge >= 0.3 is 7.82 Å². The SMILES string of the molecule is Cc1c(F)c(F)c(OP(=O)(Oc2c(F)c(F)c(F)c(F)c2F)Oc2c(F)c(F)c(F)c(P)c2P)c(P)c1F. The van der Waals surface area contributed by atoms with E-state index < -0.39 is 111 Å². The first-order chi connectivity index (χ1) is 17.4. The molecule has 0 radical (unpaired) electrons. The van der Waals surface area contributed by atoms with E-state index in [0.29, 0.717) is 0 Å². The fourth-order valence-corrected chi connectivity index (χ4v) is 5.16. The van der Waals surface area contributed by atoms with Crippen molar-refractivity contribution in [2.24, 2.45) is 0 Å². The fraction of sp³-hybridized carbons (Fsp3) is 0.0526. The Morgan fingerprint density at radius 2 is 0.789 bits per heavy atom. The summed E-state index contributed by atoms with van der Waals surface area (Å²) in [6, 6.07) is 0. The monoisotopic (exact) mass is 634 g/mol. The molecule has 0 amide bonds. The van der Waals surface area contributed by atoms with Gasteiger partial charge in [0.25, 0.3) is 0 Å². The van der Waals surface area contributed by atoms with Gasteiger partial charge in [0.2, 0.25) is 46.5 Å². The van der Waals surface area contributed by atoms with E-state index in [-0.39, 0.29) is 0 Å². The van der Waals surface area contributed by atoms with Gasteiger partial charge in [-0.25, -0.2) is 30.7 Å². The molecular weight excluding hydrogens is 625 g/mol. The second kappa shape index (κ2) is 10.8. The molecule has 0 spiro atoms. The normalized spacial score (nSPS) is 12.9. The van der Waals surface area contributed by atoms with Crippen molar-refractivity contribution in [1.82, 2.24) is 0 Å². The Hall–Kier alpha value is -2.19. The molecule has 19 heteroatoms. The van der Waals surface area contributed by atoms with Crippen molar-refractivity contribution in [1.29, 1.82) is 0 Å². The van der Waals surface area contributed by atoms with Crippen molar-refractivity contribution in [3.63, 3.8) is 0 Å². The number of benzene rings is 3. The fourth-order valence-electron chi connectivity index (χ4n) is 2.69. The molecule has 4 nitrogen and oxygen atoms in total. The van der Waals surface area contributed by atoms with E-state index in [2.05, 4.69) is 13.6 Å². The first kappa shape index (κ1) is 30.4. The Labute approximate surface area is 212 Å². The van der Waals surface area contributed by atoms with Gasteiger partial charge in [-0.05, 0) is 6.92 Å². The van der Waals surface area contributed by atoms with Crippen LogP contribution in [0.2, 0.25) is 0 Å². The van der Waals surface area contributed by atoms with Gasteiger partial charge in [0.05, 0.1) is 5.30 Å². The largest absolute Gasteiger partial charge is 0.647 e. The third-order valence-electron chi connectivity index (χ3n) is 4.67. The first-order valence-electron chi connectivity index (χ1n) is 9.29. The van der Waals surface area contributed by atoms with Gasteiger partial charge < -0.3 is 13.6 Å². The highest BCUT2D eigenvalue weighted by molar-refractivity contribution is 7.50. The van der Waals surface area contributed by atoms with Crippen LogP contribution in [-0.2, 0) is 4.57 Å². The van der Waals surface area contributed by atoms with E-state index in [1.807, 2.05) is 0 Å². The Morgan fingerprint density at radius 1 is 0.447 bits per heavy atom. The minimum absolute atomic E-state index is 0.754. The van der Waals surface area contributed by atoms with E-state index in [0.717, 1.165) is 6.92 Å². The van der Waals surface area contributed by atoms with Crippen LogP contribution in [0.4, 0.5) is 48.3 Å². The van der Waals surface area contributed by atoms with Crippen LogP contribution in [0.1, 0.15) is 5.56 Å². The molecule has 0 aliphatic heterocycles. The standard InChI is InChI=1S/C19H9F11O4P4/c1-2-3(20)9(26)15(17(35)4(2)21)33-38(31,32-14-10(27)6(23)5(22)7(24)11(14)28)34-16-12(29)8(25)13(30)18(36)19(16)37/h35-37H2,1H3. The molecule has 38 heavy (non-hydrogen) atoms. The smallest absolute Gasteiger partial charge is 0.382 e. The summed E-state index contributed by atoms with van der Waals surface area (Å²) in [7, 11) is -1.67. The maximum absolute atomic E-state index is 14.6. The van der Waals surface area contributed by atoms with Crippen LogP contribution in [0.3, 0.4) is 0 Å². The van der Waals surface area contributed by atoms with Crippen molar-refractivity contribution in [2.45, 2.75) is 6.92 Å². The molecule has 0 aromatic heterocycles. The molecule has 206 valence electrons.